The van der Waals surface area contributed by atoms with E-state index in [0.717, 1.165) is 6.54 Å². The summed E-state index contributed by atoms with van der Waals surface area (Å²) in [4.78, 5) is 0. The highest BCUT2D eigenvalue weighted by molar-refractivity contribution is 4.65. The Bertz CT molecular complexity index is 304. The second-order valence-corrected chi connectivity index (χ2v) is 3.88. The number of ether oxygens (including phenoxy) is 3. The number of aromatic nitrogens is 2. The van der Waals surface area contributed by atoms with Crippen LogP contribution in [0.15, 0.2) is 18.7 Å². The molecule has 0 spiro atoms. The van der Waals surface area contributed by atoms with Gasteiger partial charge in [-0.2, -0.15) is 0 Å². The lowest BCUT2D eigenvalue weighted by atomic mass is 10.6. The van der Waals surface area contributed by atoms with Crippen LogP contribution in [0.3, 0.4) is 0 Å². The fourth-order valence-electron chi connectivity index (χ4n) is 1.41. The molecule has 0 bridgehead atoms. The van der Waals surface area contributed by atoms with Gasteiger partial charge in [-0.3, -0.25) is 0 Å². The van der Waals surface area contributed by atoms with Gasteiger partial charge >= 0.3 is 0 Å². The molecule has 0 saturated heterocycles. The van der Waals surface area contributed by atoms with Gasteiger partial charge in [0.25, 0.3) is 0 Å². The second kappa shape index (κ2) is 10.0. The maximum atomic E-state index is 8.47. The van der Waals surface area contributed by atoms with Crippen LogP contribution >= 0.6 is 0 Å². The maximum Gasteiger partial charge on any atom is 0.243 e. The van der Waals surface area contributed by atoms with Gasteiger partial charge in [0, 0.05) is 0 Å². The van der Waals surface area contributed by atoms with E-state index < -0.39 is 0 Å². The van der Waals surface area contributed by atoms with Crippen molar-refractivity contribution in [3.8, 4) is 0 Å². The summed E-state index contributed by atoms with van der Waals surface area (Å²) in [5, 5.41) is 8.47. The molecular formula is C12H23N2O4+. The van der Waals surface area contributed by atoms with Gasteiger partial charge in [0.15, 0.2) is 0 Å². The standard InChI is InChI=1S/C12H23N2O4/c1-13-2-3-14(12-13)4-6-16-8-10-18-11-9-17-7-5-15/h2-3,12,15H,4-11H2,1H3/q+1. The molecule has 18 heavy (non-hydrogen) atoms. The summed E-state index contributed by atoms with van der Waals surface area (Å²) in [7, 11) is 1.99. The number of aliphatic hydroxyl groups is 1. The smallest absolute Gasteiger partial charge is 0.243 e. The molecule has 0 aliphatic rings. The molecule has 1 rings (SSSR count). The van der Waals surface area contributed by atoms with Crippen molar-refractivity contribution in [2.75, 3.05) is 46.2 Å². The summed E-state index contributed by atoms with van der Waals surface area (Å²) in [5.74, 6) is 0. The lowest BCUT2D eigenvalue weighted by molar-refractivity contribution is -0.671. The van der Waals surface area contributed by atoms with Crippen molar-refractivity contribution in [1.29, 1.82) is 0 Å². The Hall–Kier alpha value is -0.950. The Morgan fingerprint density at radius 3 is 2.17 bits per heavy atom. The van der Waals surface area contributed by atoms with Crippen molar-refractivity contribution in [3.63, 3.8) is 0 Å². The Labute approximate surface area is 108 Å². The molecule has 0 atom stereocenters. The normalized spacial score (nSPS) is 11.0. The van der Waals surface area contributed by atoms with Gasteiger partial charge in [-0.1, -0.05) is 0 Å². The molecule has 6 heteroatoms. The number of rotatable bonds is 11. The van der Waals surface area contributed by atoms with Crippen LogP contribution in [-0.4, -0.2) is 55.9 Å². The van der Waals surface area contributed by atoms with Gasteiger partial charge in [-0.15, -0.1) is 0 Å². The lowest BCUT2D eigenvalue weighted by Crippen LogP contribution is -2.24. The first-order valence-electron chi connectivity index (χ1n) is 6.18. The van der Waals surface area contributed by atoms with Gasteiger partial charge in [0.2, 0.25) is 6.33 Å². The van der Waals surface area contributed by atoms with Gasteiger partial charge in [-0.05, 0) is 0 Å². The third-order valence-corrected chi connectivity index (χ3v) is 2.30. The predicted molar refractivity (Wildman–Crippen MR) is 65.2 cm³/mol. The van der Waals surface area contributed by atoms with Gasteiger partial charge in [0.05, 0.1) is 53.3 Å². The topological polar surface area (TPSA) is 56.7 Å². The average Bonchev–Trinajstić information content (AvgIpc) is 2.77. The Morgan fingerprint density at radius 2 is 1.61 bits per heavy atom. The highest BCUT2D eigenvalue weighted by atomic mass is 16.5. The van der Waals surface area contributed by atoms with Crippen LogP contribution in [0.4, 0.5) is 0 Å². The van der Waals surface area contributed by atoms with Crippen molar-refractivity contribution in [2.24, 2.45) is 7.05 Å². The summed E-state index contributed by atoms with van der Waals surface area (Å²) >= 11 is 0. The minimum absolute atomic E-state index is 0.0558. The molecule has 1 heterocycles. The Kier molecular flexibility index (Phi) is 8.41. The SMILES string of the molecule is C[n+]1ccn(CCOCCOCCOCCO)c1. The molecule has 0 radical (unpaired) electrons. The predicted octanol–water partition coefficient (Wildman–Crippen LogP) is -0.645. The number of nitrogens with zero attached hydrogens (tertiary/aromatic N) is 2. The van der Waals surface area contributed by atoms with Crippen LogP contribution in [0.5, 0.6) is 0 Å². The molecule has 6 nitrogen and oxygen atoms in total. The second-order valence-electron chi connectivity index (χ2n) is 3.88. The molecule has 0 aliphatic heterocycles. The van der Waals surface area contributed by atoms with Crippen LogP contribution < -0.4 is 4.57 Å². The third-order valence-electron chi connectivity index (χ3n) is 2.30. The van der Waals surface area contributed by atoms with E-state index in [1.807, 2.05) is 30.3 Å². The largest absolute Gasteiger partial charge is 0.394 e. The Morgan fingerprint density at radius 1 is 1.00 bits per heavy atom. The molecule has 1 aromatic heterocycles. The summed E-state index contributed by atoms with van der Waals surface area (Å²) in [6, 6.07) is 0. The summed E-state index contributed by atoms with van der Waals surface area (Å²) in [6.45, 7) is 4.17. The first-order valence-corrected chi connectivity index (χ1v) is 6.18. The van der Waals surface area contributed by atoms with E-state index in [-0.39, 0.29) is 6.61 Å². The minimum Gasteiger partial charge on any atom is -0.394 e. The van der Waals surface area contributed by atoms with E-state index in [4.69, 9.17) is 19.3 Å². The van der Waals surface area contributed by atoms with Crippen LogP contribution in [-0.2, 0) is 27.8 Å². The highest BCUT2D eigenvalue weighted by Crippen LogP contribution is 1.86. The van der Waals surface area contributed by atoms with Gasteiger partial charge in [-0.25, -0.2) is 9.13 Å². The zero-order chi connectivity index (χ0) is 13.1. The van der Waals surface area contributed by atoms with E-state index in [1.165, 1.54) is 0 Å². The summed E-state index contributed by atoms with van der Waals surface area (Å²) in [6.07, 6.45) is 6.02. The number of aryl methyl sites for hydroxylation is 1. The lowest BCUT2D eigenvalue weighted by Gasteiger charge is -2.05. The first kappa shape index (κ1) is 15.1. The van der Waals surface area contributed by atoms with E-state index in [9.17, 15) is 0 Å². The number of hydrogen-bond donors (Lipinski definition) is 1. The fraction of sp³-hybridized carbons (Fsp3) is 0.750. The first-order chi connectivity index (χ1) is 8.83. The highest BCUT2D eigenvalue weighted by Gasteiger charge is 1.99. The van der Waals surface area contributed by atoms with Crippen LogP contribution in [0.1, 0.15) is 0 Å². The van der Waals surface area contributed by atoms with Crippen molar-refractivity contribution < 1.29 is 23.9 Å². The van der Waals surface area contributed by atoms with E-state index in [0.29, 0.717) is 39.6 Å². The number of imidazole rings is 1. The van der Waals surface area contributed by atoms with Crippen LogP contribution in [0, 0.1) is 0 Å². The minimum atomic E-state index is 0.0558. The Balaban J connectivity index is 1.81. The third kappa shape index (κ3) is 7.39. The molecule has 0 unspecified atom stereocenters. The summed E-state index contributed by atoms with van der Waals surface area (Å²) in [5.41, 5.74) is 0. The van der Waals surface area contributed by atoms with Crippen molar-refractivity contribution >= 4 is 0 Å². The zero-order valence-corrected chi connectivity index (χ0v) is 11.0. The van der Waals surface area contributed by atoms with Gasteiger partial charge < -0.3 is 19.3 Å². The molecular weight excluding hydrogens is 236 g/mol. The molecule has 0 fully saturated rings. The molecule has 1 N–H and O–H groups in total. The zero-order valence-electron chi connectivity index (χ0n) is 11.0. The van der Waals surface area contributed by atoms with Crippen molar-refractivity contribution in [2.45, 2.75) is 6.54 Å². The molecule has 104 valence electrons. The average molecular weight is 259 g/mol. The molecule has 0 aromatic carbocycles. The molecule has 0 aliphatic carbocycles. The maximum absolute atomic E-state index is 8.47. The van der Waals surface area contributed by atoms with Crippen LogP contribution in [0.25, 0.3) is 0 Å². The van der Waals surface area contributed by atoms with Crippen LogP contribution in [0.2, 0.25) is 0 Å². The quantitative estimate of drug-likeness (QED) is 0.424. The molecule has 0 amide bonds. The summed E-state index contributed by atoms with van der Waals surface area (Å²) < 4.78 is 19.9. The molecule has 0 saturated carbocycles. The number of aliphatic hydroxyl groups excluding tert-OH is 1. The van der Waals surface area contributed by atoms with Crippen molar-refractivity contribution in [3.05, 3.63) is 18.7 Å². The van der Waals surface area contributed by atoms with E-state index in [1.54, 1.807) is 0 Å². The fourth-order valence-corrected chi connectivity index (χ4v) is 1.41. The van der Waals surface area contributed by atoms with Crippen molar-refractivity contribution in [1.82, 2.24) is 4.57 Å². The molecule has 1 aromatic rings. The van der Waals surface area contributed by atoms with Gasteiger partial charge in [0.1, 0.15) is 18.9 Å². The monoisotopic (exact) mass is 259 g/mol. The number of hydrogen-bond acceptors (Lipinski definition) is 4. The van der Waals surface area contributed by atoms with E-state index in [2.05, 4.69) is 4.57 Å². The van der Waals surface area contributed by atoms with E-state index >= 15 is 0 Å².